The average molecular weight is 661 g/mol. The zero-order chi connectivity index (χ0) is 33.1. The Morgan fingerprint density at radius 2 is 1.96 bits per heavy atom. The summed E-state index contributed by atoms with van der Waals surface area (Å²) in [5, 5.41) is 12.5. The number of carbonyl (C=O) groups excluding carboxylic acids is 1. The van der Waals surface area contributed by atoms with E-state index in [1.807, 2.05) is 0 Å². The van der Waals surface area contributed by atoms with Crippen LogP contribution in [0, 0.1) is 6.92 Å². The molecule has 7 heterocycles. The summed E-state index contributed by atoms with van der Waals surface area (Å²) in [5.41, 5.74) is 1.18. The summed E-state index contributed by atoms with van der Waals surface area (Å²) in [7, 11) is -0.763. The van der Waals surface area contributed by atoms with Gasteiger partial charge in [-0.25, -0.2) is 9.97 Å². The van der Waals surface area contributed by atoms with Crippen LogP contribution in [0.1, 0.15) is 40.7 Å². The van der Waals surface area contributed by atoms with E-state index in [-0.39, 0.29) is 42.5 Å². The van der Waals surface area contributed by atoms with Gasteiger partial charge in [0.2, 0.25) is 5.95 Å². The zero-order valence-corrected chi connectivity index (χ0v) is 26.3. The maximum Gasteiger partial charge on any atom is 0.421 e. The Hall–Kier alpha value is -4.53. The molecule has 46 heavy (non-hydrogen) atoms. The van der Waals surface area contributed by atoms with E-state index in [4.69, 9.17) is 13.8 Å². The number of anilines is 4. The molecule has 1 amide bonds. The van der Waals surface area contributed by atoms with Gasteiger partial charge in [0.05, 0.1) is 49.2 Å². The van der Waals surface area contributed by atoms with Crippen LogP contribution >= 0.6 is 7.60 Å². The van der Waals surface area contributed by atoms with Crippen molar-refractivity contribution in [3.8, 4) is 17.0 Å². The molecular weight excluding hydrogens is 628 g/mol. The van der Waals surface area contributed by atoms with E-state index >= 15 is 0 Å². The molecule has 17 heteroatoms. The summed E-state index contributed by atoms with van der Waals surface area (Å²) in [5.74, 6) is -1.15. The van der Waals surface area contributed by atoms with E-state index in [9.17, 15) is 22.5 Å². The summed E-state index contributed by atoms with van der Waals surface area (Å²) in [6, 6.07) is 7.88. The minimum atomic E-state index is -4.83. The molecule has 8 bridgehead atoms. The number of benzene rings is 1. The Morgan fingerprint density at radius 3 is 2.67 bits per heavy atom. The fourth-order valence-electron chi connectivity index (χ4n) is 4.79. The number of pyridine rings is 1. The molecule has 1 atom stereocenters. The molecule has 0 saturated heterocycles. The Morgan fingerprint density at radius 1 is 1.17 bits per heavy atom. The molecule has 0 saturated carbocycles. The van der Waals surface area contributed by atoms with Gasteiger partial charge in [0.15, 0.2) is 5.69 Å². The van der Waals surface area contributed by atoms with Crippen LogP contribution in [-0.2, 0) is 32.5 Å². The van der Waals surface area contributed by atoms with Gasteiger partial charge in [-0.1, -0.05) is 6.07 Å². The van der Waals surface area contributed by atoms with Crippen LogP contribution in [-0.4, -0.2) is 58.0 Å². The normalized spacial score (nSPS) is 16.9. The molecule has 0 fully saturated rings. The molecule has 0 unspecified atom stereocenters. The van der Waals surface area contributed by atoms with Crippen molar-refractivity contribution < 1.29 is 36.3 Å². The monoisotopic (exact) mass is 660 g/mol. The molecule has 0 aliphatic carbocycles. The number of halogens is 3. The Kier molecular flexibility index (Phi) is 9.60. The number of amides is 1. The second-order valence-electron chi connectivity index (χ2n) is 10.2. The topological polar surface area (TPSA) is 154 Å². The molecule has 8 rings (SSSR count). The number of methoxy groups -OCH3 is 1. The summed E-state index contributed by atoms with van der Waals surface area (Å²) < 4.78 is 74.4. The van der Waals surface area contributed by atoms with Crippen molar-refractivity contribution in [1.29, 1.82) is 0 Å². The fraction of sp³-hybridized carbons (Fsp3) is 0.345. The van der Waals surface area contributed by atoms with Gasteiger partial charge < -0.3 is 29.7 Å². The van der Waals surface area contributed by atoms with E-state index in [0.717, 1.165) is 0 Å². The van der Waals surface area contributed by atoms with Gasteiger partial charge in [-0.3, -0.25) is 14.0 Å². The number of ether oxygens (including phenoxy) is 1. The van der Waals surface area contributed by atoms with Crippen molar-refractivity contribution in [2.24, 2.45) is 0 Å². The molecule has 244 valence electrons. The van der Waals surface area contributed by atoms with Gasteiger partial charge in [-0.15, -0.1) is 0 Å². The fourth-order valence-corrected chi connectivity index (χ4v) is 6.50. The van der Waals surface area contributed by atoms with Crippen molar-refractivity contribution in [3.63, 3.8) is 0 Å². The van der Waals surface area contributed by atoms with E-state index in [0.29, 0.717) is 47.4 Å². The molecule has 4 aromatic rings. The van der Waals surface area contributed by atoms with Gasteiger partial charge in [-0.2, -0.15) is 23.3 Å². The van der Waals surface area contributed by atoms with Gasteiger partial charge in [-0.05, 0) is 50.1 Å². The first-order chi connectivity index (χ1) is 21.9. The molecule has 1 aromatic carbocycles. The highest BCUT2D eigenvalue weighted by Gasteiger charge is 2.36. The number of rotatable bonds is 4. The van der Waals surface area contributed by atoms with Crippen LogP contribution in [0.25, 0.3) is 11.3 Å². The average Bonchev–Trinajstić information content (AvgIpc) is 3.39. The van der Waals surface area contributed by atoms with E-state index in [1.165, 1.54) is 20.2 Å². The van der Waals surface area contributed by atoms with E-state index in [1.54, 1.807) is 49.0 Å². The number of carbonyl (C=O) groups is 1. The summed E-state index contributed by atoms with van der Waals surface area (Å²) in [6.45, 7) is 4.20. The lowest BCUT2D eigenvalue weighted by atomic mass is 10.1. The molecule has 0 radical (unpaired) electrons. The third-order valence-corrected chi connectivity index (χ3v) is 8.92. The molecule has 4 aliphatic heterocycles. The Bertz CT molecular complexity index is 1800. The van der Waals surface area contributed by atoms with Crippen molar-refractivity contribution in [1.82, 2.24) is 30.0 Å². The van der Waals surface area contributed by atoms with Crippen LogP contribution in [0.15, 0.2) is 42.7 Å². The smallest absolute Gasteiger partial charge is 0.421 e. The summed E-state index contributed by atoms with van der Waals surface area (Å²) in [4.78, 5) is 25.4. The lowest BCUT2D eigenvalue weighted by Gasteiger charge is -2.19. The molecule has 0 spiro atoms. The first-order valence-corrected chi connectivity index (χ1v) is 16.0. The van der Waals surface area contributed by atoms with Crippen molar-refractivity contribution in [2.45, 2.75) is 39.2 Å². The van der Waals surface area contributed by atoms with Gasteiger partial charge in [0.25, 0.3) is 5.91 Å². The quantitative estimate of drug-likeness (QED) is 0.219. The highest BCUT2D eigenvalue weighted by Crippen LogP contribution is 2.52. The summed E-state index contributed by atoms with van der Waals surface area (Å²) in [6.07, 6.45) is -2.03. The van der Waals surface area contributed by atoms with Crippen LogP contribution < -0.4 is 20.7 Å². The first-order valence-electron chi connectivity index (χ1n) is 14.2. The second-order valence-corrected chi connectivity index (χ2v) is 12.2. The van der Waals surface area contributed by atoms with Gasteiger partial charge in [0.1, 0.15) is 17.1 Å². The second kappa shape index (κ2) is 13.4. The van der Waals surface area contributed by atoms with Crippen LogP contribution in [0.2, 0.25) is 0 Å². The highest BCUT2D eigenvalue weighted by atomic mass is 31.2. The highest BCUT2D eigenvalue weighted by molar-refractivity contribution is 7.53. The minimum absolute atomic E-state index is 0.0109. The summed E-state index contributed by atoms with van der Waals surface area (Å²) >= 11 is 0. The van der Waals surface area contributed by atoms with Crippen LogP contribution in [0.5, 0.6) is 5.75 Å². The third-order valence-electron chi connectivity index (χ3n) is 6.94. The van der Waals surface area contributed by atoms with E-state index in [2.05, 4.69) is 36.0 Å². The molecule has 4 aliphatic rings. The van der Waals surface area contributed by atoms with Crippen LogP contribution in [0.4, 0.5) is 36.3 Å². The minimum Gasteiger partial charge on any atom is -0.495 e. The van der Waals surface area contributed by atoms with Crippen molar-refractivity contribution in [3.05, 3.63) is 65.2 Å². The zero-order valence-electron chi connectivity index (χ0n) is 25.4. The van der Waals surface area contributed by atoms with Crippen molar-refractivity contribution in [2.75, 3.05) is 38.0 Å². The lowest BCUT2D eigenvalue weighted by molar-refractivity contribution is -0.137. The lowest BCUT2D eigenvalue weighted by Crippen LogP contribution is -2.21. The Labute approximate surface area is 262 Å². The predicted octanol–water partition coefficient (Wildman–Crippen LogP) is 6.07. The largest absolute Gasteiger partial charge is 0.495 e. The standard InChI is InChI=1S/C29H32F3N8O5P/c1-5-44-46(42)16-18-7-8-22(24(13-18)43-4)37-28-34-14-20(29(30,31)32)26(38-28)36-23-10-9-21(35-25(23)27(41)33-3)19-15-40(39-17(19)2)11-6-12-45-46/h7-10,13-15H,5-6,11-12,16H2,1-4H3,(H,33,41)(H2,34,36,37,38)/t46-/m0/s1. The number of nitrogens with one attached hydrogen (secondary N) is 3. The maximum atomic E-state index is 14.1. The van der Waals surface area contributed by atoms with Crippen LogP contribution in [0.3, 0.4) is 0 Å². The number of hydrogen-bond donors (Lipinski definition) is 3. The number of alkyl halides is 3. The molecule has 13 nitrogen and oxygen atoms in total. The van der Waals surface area contributed by atoms with E-state index < -0.39 is 31.1 Å². The molecule has 3 aromatic heterocycles. The predicted molar refractivity (Wildman–Crippen MR) is 164 cm³/mol. The van der Waals surface area contributed by atoms with Gasteiger partial charge >= 0.3 is 13.8 Å². The number of hydrogen-bond acceptors (Lipinski definition) is 11. The molecule has 3 N–H and O–H groups in total. The third kappa shape index (κ3) is 7.30. The first kappa shape index (κ1) is 32.9. The SMILES string of the molecule is CCO[P@@]1(=O)Cc2ccc(c(OC)c2)Nc2ncc(C(F)(F)F)c(n2)Nc2ccc(nc2C(=O)NC)-c2cn(nc2C)CCCO1. The molecular formula is C29H32F3N8O5P. The Balaban J connectivity index is 1.64. The maximum absolute atomic E-state index is 14.1. The van der Waals surface area contributed by atoms with Crippen molar-refractivity contribution >= 4 is 36.6 Å². The number of aryl methyl sites for hydroxylation is 2. The number of nitrogens with zero attached hydrogens (tertiary/aromatic N) is 5. The number of aromatic nitrogens is 5. The van der Waals surface area contributed by atoms with Gasteiger partial charge in [0, 0.05) is 31.5 Å².